The highest BCUT2D eigenvalue weighted by molar-refractivity contribution is 5.87. The van der Waals surface area contributed by atoms with Crippen molar-refractivity contribution in [2.24, 2.45) is 7.05 Å². The molecular weight excluding hydrogens is 206 g/mol. The first-order valence-corrected chi connectivity index (χ1v) is 5.25. The van der Waals surface area contributed by atoms with Crippen LogP contribution in [0.1, 0.15) is 18.2 Å². The van der Waals surface area contributed by atoms with Crippen molar-refractivity contribution in [3.05, 3.63) is 30.6 Å². The van der Waals surface area contributed by atoms with E-state index in [0.29, 0.717) is 6.61 Å². The Bertz CT molecular complexity index is 400. The number of carbonyl (C=O) groups excluding carboxylic acids is 1. The monoisotopic (exact) mass is 221 g/mol. The molecule has 86 valence electrons. The summed E-state index contributed by atoms with van der Waals surface area (Å²) < 4.78 is 7.39. The van der Waals surface area contributed by atoms with Crippen LogP contribution in [0.3, 0.4) is 0 Å². The zero-order valence-electron chi connectivity index (χ0n) is 9.22. The van der Waals surface area contributed by atoms with Gasteiger partial charge in [0.05, 0.1) is 11.7 Å². The van der Waals surface area contributed by atoms with E-state index in [2.05, 4.69) is 17.0 Å². The molecule has 0 bridgehead atoms. The van der Waals surface area contributed by atoms with Gasteiger partial charge in [0.2, 0.25) is 5.91 Å². The fourth-order valence-electron chi connectivity index (χ4n) is 1.93. The Labute approximate surface area is 94.1 Å². The number of rotatable bonds is 3. The van der Waals surface area contributed by atoms with Crippen molar-refractivity contribution in [1.29, 1.82) is 0 Å². The molecule has 16 heavy (non-hydrogen) atoms. The van der Waals surface area contributed by atoms with Crippen LogP contribution in [0.2, 0.25) is 0 Å². The van der Waals surface area contributed by atoms with E-state index < -0.39 is 0 Å². The molecule has 1 fully saturated rings. The Morgan fingerprint density at radius 3 is 3.25 bits per heavy atom. The lowest BCUT2D eigenvalue weighted by Crippen LogP contribution is -2.36. The number of nitrogens with zero attached hydrogens (tertiary/aromatic N) is 2. The SMILES string of the molecule is C=CC(=O)N[C@H]1CCO[C@@H]1c1ccnn1C. The normalized spacial score (nSPS) is 24.3. The minimum Gasteiger partial charge on any atom is -0.370 e. The first-order chi connectivity index (χ1) is 7.72. The maximum Gasteiger partial charge on any atom is 0.243 e. The van der Waals surface area contributed by atoms with E-state index in [4.69, 9.17) is 4.74 Å². The number of amides is 1. The Morgan fingerprint density at radius 2 is 2.62 bits per heavy atom. The number of carbonyl (C=O) groups is 1. The number of hydrogen-bond acceptors (Lipinski definition) is 3. The molecule has 0 saturated carbocycles. The highest BCUT2D eigenvalue weighted by atomic mass is 16.5. The first kappa shape index (κ1) is 10.9. The van der Waals surface area contributed by atoms with Crippen molar-refractivity contribution in [2.75, 3.05) is 6.61 Å². The second-order valence-corrected chi connectivity index (χ2v) is 3.78. The third-order valence-electron chi connectivity index (χ3n) is 2.76. The van der Waals surface area contributed by atoms with Gasteiger partial charge >= 0.3 is 0 Å². The van der Waals surface area contributed by atoms with Crippen LogP contribution in [0.4, 0.5) is 0 Å². The van der Waals surface area contributed by atoms with Crippen LogP contribution in [-0.4, -0.2) is 28.3 Å². The van der Waals surface area contributed by atoms with E-state index in [1.54, 1.807) is 10.9 Å². The van der Waals surface area contributed by atoms with Gasteiger partial charge in [0.15, 0.2) is 0 Å². The van der Waals surface area contributed by atoms with Crippen molar-refractivity contribution in [3.8, 4) is 0 Å². The van der Waals surface area contributed by atoms with Crippen molar-refractivity contribution in [1.82, 2.24) is 15.1 Å². The lowest BCUT2D eigenvalue weighted by molar-refractivity contribution is -0.117. The Kier molecular flexibility index (Phi) is 3.05. The zero-order valence-corrected chi connectivity index (χ0v) is 9.22. The van der Waals surface area contributed by atoms with Gasteiger partial charge in [0.1, 0.15) is 6.10 Å². The van der Waals surface area contributed by atoms with Crippen LogP contribution in [-0.2, 0) is 16.6 Å². The van der Waals surface area contributed by atoms with Crippen LogP contribution in [0.5, 0.6) is 0 Å². The molecule has 2 atom stereocenters. The molecule has 1 N–H and O–H groups in total. The predicted molar refractivity (Wildman–Crippen MR) is 58.6 cm³/mol. The lowest BCUT2D eigenvalue weighted by Gasteiger charge is -2.19. The van der Waals surface area contributed by atoms with E-state index in [1.807, 2.05) is 13.1 Å². The number of nitrogens with one attached hydrogen (secondary N) is 1. The Morgan fingerprint density at radius 1 is 1.81 bits per heavy atom. The fourth-order valence-corrected chi connectivity index (χ4v) is 1.93. The van der Waals surface area contributed by atoms with E-state index in [0.717, 1.165) is 12.1 Å². The van der Waals surface area contributed by atoms with E-state index >= 15 is 0 Å². The summed E-state index contributed by atoms with van der Waals surface area (Å²) >= 11 is 0. The second kappa shape index (κ2) is 4.49. The molecule has 5 heteroatoms. The van der Waals surface area contributed by atoms with Gasteiger partial charge in [0, 0.05) is 19.9 Å². The maximum absolute atomic E-state index is 11.3. The molecule has 1 aromatic rings. The number of ether oxygens (including phenoxy) is 1. The van der Waals surface area contributed by atoms with Crippen LogP contribution >= 0.6 is 0 Å². The zero-order chi connectivity index (χ0) is 11.5. The molecule has 0 spiro atoms. The number of aromatic nitrogens is 2. The van der Waals surface area contributed by atoms with Gasteiger partial charge in [-0.3, -0.25) is 9.48 Å². The van der Waals surface area contributed by atoms with Gasteiger partial charge in [-0.1, -0.05) is 6.58 Å². The van der Waals surface area contributed by atoms with Gasteiger partial charge in [-0.05, 0) is 18.6 Å². The summed E-state index contributed by atoms with van der Waals surface area (Å²) in [5.41, 5.74) is 0.979. The summed E-state index contributed by atoms with van der Waals surface area (Å²) in [7, 11) is 1.86. The molecule has 1 aliphatic heterocycles. The van der Waals surface area contributed by atoms with Crippen LogP contribution in [0.15, 0.2) is 24.9 Å². The first-order valence-electron chi connectivity index (χ1n) is 5.25. The molecule has 0 aliphatic carbocycles. The second-order valence-electron chi connectivity index (χ2n) is 3.78. The summed E-state index contributed by atoms with van der Waals surface area (Å²) in [6.45, 7) is 4.09. The molecule has 0 aromatic carbocycles. The minimum atomic E-state index is -0.164. The van der Waals surface area contributed by atoms with Gasteiger partial charge in [0.25, 0.3) is 0 Å². The van der Waals surface area contributed by atoms with Gasteiger partial charge in [-0.15, -0.1) is 0 Å². The van der Waals surface area contributed by atoms with E-state index in [1.165, 1.54) is 6.08 Å². The quantitative estimate of drug-likeness (QED) is 0.758. The maximum atomic E-state index is 11.3. The summed E-state index contributed by atoms with van der Waals surface area (Å²) in [4.78, 5) is 11.3. The van der Waals surface area contributed by atoms with Gasteiger partial charge in [-0.25, -0.2) is 0 Å². The summed E-state index contributed by atoms with van der Waals surface area (Å²) in [5, 5.41) is 6.97. The highest BCUT2D eigenvalue weighted by Gasteiger charge is 2.32. The van der Waals surface area contributed by atoms with Crippen LogP contribution < -0.4 is 5.32 Å². The van der Waals surface area contributed by atoms with Crippen LogP contribution in [0, 0.1) is 0 Å². The van der Waals surface area contributed by atoms with Crippen molar-refractivity contribution in [3.63, 3.8) is 0 Å². The minimum absolute atomic E-state index is 0.000833. The predicted octanol–water partition coefficient (Wildman–Crippen LogP) is 0.552. The average molecular weight is 221 g/mol. The molecular formula is C11H15N3O2. The fraction of sp³-hybridized carbons (Fsp3) is 0.455. The molecule has 2 heterocycles. The topological polar surface area (TPSA) is 56.1 Å². The molecule has 1 aliphatic rings. The van der Waals surface area contributed by atoms with Gasteiger partial charge < -0.3 is 10.1 Å². The van der Waals surface area contributed by atoms with Crippen molar-refractivity contribution < 1.29 is 9.53 Å². The smallest absolute Gasteiger partial charge is 0.243 e. The molecule has 0 radical (unpaired) electrons. The van der Waals surface area contributed by atoms with Crippen molar-refractivity contribution in [2.45, 2.75) is 18.6 Å². The molecule has 0 unspecified atom stereocenters. The lowest BCUT2D eigenvalue weighted by atomic mass is 10.1. The molecule has 1 aromatic heterocycles. The molecule has 2 rings (SSSR count). The van der Waals surface area contributed by atoms with E-state index in [-0.39, 0.29) is 18.1 Å². The molecule has 1 amide bonds. The largest absolute Gasteiger partial charge is 0.370 e. The van der Waals surface area contributed by atoms with E-state index in [9.17, 15) is 4.79 Å². The number of hydrogen-bond donors (Lipinski definition) is 1. The summed E-state index contributed by atoms with van der Waals surface area (Å²) in [6, 6.07) is 1.91. The molecule has 5 nitrogen and oxygen atoms in total. The third-order valence-corrected chi connectivity index (χ3v) is 2.76. The highest BCUT2D eigenvalue weighted by Crippen LogP contribution is 2.28. The summed E-state index contributed by atoms with van der Waals surface area (Å²) in [5.74, 6) is -0.164. The van der Waals surface area contributed by atoms with Crippen LogP contribution in [0.25, 0.3) is 0 Å². The number of aryl methyl sites for hydroxylation is 1. The Balaban J connectivity index is 2.12. The molecule has 1 saturated heterocycles. The van der Waals surface area contributed by atoms with Gasteiger partial charge in [-0.2, -0.15) is 5.10 Å². The Hall–Kier alpha value is -1.62. The van der Waals surface area contributed by atoms with Crippen molar-refractivity contribution >= 4 is 5.91 Å². The third kappa shape index (κ3) is 1.99. The average Bonchev–Trinajstić information content (AvgIpc) is 2.86. The standard InChI is InChI=1S/C11H15N3O2/c1-3-10(15)13-8-5-7-16-11(8)9-4-6-12-14(9)2/h3-4,6,8,11H,1,5,7H2,2H3,(H,13,15)/t8-,11-/m0/s1. The summed E-state index contributed by atoms with van der Waals surface area (Å²) in [6.07, 6.45) is 3.70.